The zero-order valence-electron chi connectivity index (χ0n) is 12.3. The number of likely N-dealkylation sites (N-methyl/N-ethyl adjacent to an activating group) is 1. The van der Waals surface area contributed by atoms with Crippen LogP contribution in [0, 0.1) is 5.92 Å². The molecule has 4 heteroatoms. The van der Waals surface area contributed by atoms with Crippen LogP contribution in [0.15, 0.2) is 10.9 Å². The fraction of sp³-hybridized carbons (Fsp3) is 0.667. The van der Waals surface area contributed by atoms with Crippen LogP contribution in [0.1, 0.15) is 30.2 Å². The summed E-state index contributed by atoms with van der Waals surface area (Å²) in [6.07, 6.45) is 3.27. The van der Waals surface area contributed by atoms with Crippen molar-refractivity contribution in [3.05, 3.63) is 33.2 Å². The van der Waals surface area contributed by atoms with Crippen molar-refractivity contribution in [1.82, 2.24) is 9.47 Å². The van der Waals surface area contributed by atoms with Crippen molar-refractivity contribution in [2.24, 2.45) is 11.7 Å². The van der Waals surface area contributed by atoms with Gasteiger partial charge in [-0.1, -0.05) is 6.92 Å². The molecule has 1 aliphatic carbocycles. The van der Waals surface area contributed by atoms with Gasteiger partial charge in [0.15, 0.2) is 0 Å². The summed E-state index contributed by atoms with van der Waals surface area (Å²) in [6, 6.07) is 2.04. The van der Waals surface area contributed by atoms with Crippen LogP contribution in [0.25, 0.3) is 0 Å². The van der Waals surface area contributed by atoms with E-state index in [4.69, 9.17) is 5.73 Å². The van der Waals surface area contributed by atoms with Gasteiger partial charge in [0.05, 0.1) is 0 Å². The number of aromatic nitrogens is 1. The zero-order chi connectivity index (χ0) is 14.0. The van der Waals surface area contributed by atoms with Crippen LogP contribution >= 0.6 is 0 Å². The molecule has 1 atom stereocenters. The molecular formula is C15H25N3O. The predicted octanol–water partition coefficient (Wildman–Crippen LogP) is 0.993. The summed E-state index contributed by atoms with van der Waals surface area (Å²) in [4.78, 5) is 14.5. The van der Waals surface area contributed by atoms with Gasteiger partial charge in [-0.3, -0.25) is 4.79 Å². The van der Waals surface area contributed by atoms with Gasteiger partial charge in [0.2, 0.25) is 0 Å². The van der Waals surface area contributed by atoms with Crippen LogP contribution in [0.2, 0.25) is 0 Å². The smallest absolute Gasteiger partial charge is 0.255 e. The summed E-state index contributed by atoms with van der Waals surface area (Å²) in [5, 5.41) is 0. The molecule has 1 unspecified atom stereocenters. The first-order chi connectivity index (χ1) is 9.02. The number of rotatable bonds is 4. The maximum atomic E-state index is 12.4. The van der Waals surface area contributed by atoms with Gasteiger partial charge in [0.25, 0.3) is 5.56 Å². The average molecular weight is 263 g/mol. The van der Waals surface area contributed by atoms with Crippen molar-refractivity contribution in [3.8, 4) is 0 Å². The Morgan fingerprint density at radius 3 is 2.84 bits per heavy atom. The Labute approximate surface area is 115 Å². The summed E-state index contributed by atoms with van der Waals surface area (Å²) >= 11 is 0. The van der Waals surface area contributed by atoms with E-state index in [0.717, 1.165) is 31.5 Å². The van der Waals surface area contributed by atoms with Crippen LogP contribution in [-0.4, -0.2) is 30.1 Å². The predicted molar refractivity (Wildman–Crippen MR) is 78.3 cm³/mol. The molecule has 4 nitrogen and oxygen atoms in total. The normalized spacial score (nSPS) is 18.7. The third-order valence-electron chi connectivity index (χ3n) is 4.00. The summed E-state index contributed by atoms with van der Waals surface area (Å²) in [7, 11) is 4.07. The first kappa shape index (κ1) is 14.3. The highest BCUT2D eigenvalue weighted by molar-refractivity contribution is 5.29. The number of pyridine rings is 1. The van der Waals surface area contributed by atoms with Gasteiger partial charge in [-0.15, -0.1) is 0 Å². The van der Waals surface area contributed by atoms with Gasteiger partial charge in [0.1, 0.15) is 0 Å². The highest BCUT2D eigenvalue weighted by Crippen LogP contribution is 2.24. The van der Waals surface area contributed by atoms with Gasteiger partial charge in [-0.05, 0) is 50.9 Å². The van der Waals surface area contributed by atoms with Crippen molar-refractivity contribution in [1.29, 1.82) is 0 Å². The molecule has 1 aromatic heterocycles. The first-order valence-corrected chi connectivity index (χ1v) is 7.12. The van der Waals surface area contributed by atoms with E-state index in [9.17, 15) is 4.79 Å². The highest BCUT2D eigenvalue weighted by Gasteiger charge is 2.20. The van der Waals surface area contributed by atoms with Crippen molar-refractivity contribution in [2.75, 3.05) is 20.6 Å². The molecule has 106 valence electrons. The van der Waals surface area contributed by atoms with Gasteiger partial charge in [0, 0.05) is 30.9 Å². The molecule has 0 radical (unpaired) electrons. The Morgan fingerprint density at radius 2 is 2.21 bits per heavy atom. The lowest BCUT2D eigenvalue weighted by molar-refractivity contribution is 0.370. The maximum Gasteiger partial charge on any atom is 0.255 e. The lowest BCUT2D eigenvalue weighted by Crippen LogP contribution is -2.34. The number of nitrogens with two attached hydrogens (primary N) is 1. The van der Waals surface area contributed by atoms with E-state index in [1.165, 1.54) is 17.7 Å². The minimum Gasteiger partial charge on any atom is -0.326 e. The molecule has 0 spiro atoms. The highest BCUT2D eigenvalue weighted by atomic mass is 16.1. The van der Waals surface area contributed by atoms with Gasteiger partial charge >= 0.3 is 0 Å². The van der Waals surface area contributed by atoms with E-state index in [-0.39, 0.29) is 5.56 Å². The van der Waals surface area contributed by atoms with E-state index >= 15 is 0 Å². The summed E-state index contributed by atoms with van der Waals surface area (Å²) in [5.41, 5.74) is 9.15. The SMILES string of the molecule is CC1CCc2c(cc(CN)c(=O)n2CCN(C)C)C1. The third kappa shape index (κ3) is 3.07. The van der Waals surface area contributed by atoms with E-state index in [0.29, 0.717) is 12.5 Å². The fourth-order valence-electron chi connectivity index (χ4n) is 2.84. The van der Waals surface area contributed by atoms with Crippen LogP contribution in [-0.2, 0) is 25.9 Å². The van der Waals surface area contributed by atoms with E-state index in [1.807, 2.05) is 24.7 Å². The molecule has 0 saturated heterocycles. The van der Waals surface area contributed by atoms with Crippen molar-refractivity contribution >= 4 is 0 Å². The molecule has 0 bridgehead atoms. The Balaban J connectivity index is 2.43. The monoisotopic (exact) mass is 263 g/mol. The molecular weight excluding hydrogens is 238 g/mol. The lowest BCUT2D eigenvalue weighted by Gasteiger charge is -2.26. The Hall–Kier alpha value is -1.13. The number of fused-ring (bicyclic) bond motifs is 1. The molecule has 1 aliphatic rings. The van der Waals surface area contributed by atoms with Gasteiger partial charge in [-0.25, -0.2) is 0 Å². The second-order valence-electron chi connectivity index (χ2n) is 5.95. The van der Waals surface area contributed by atoms with Crippen molar-refractivity contribution in [2.45, 2.75) is 39.3 Å². The fourth-order valence-corrected chi connectivity index (χ4v) is 2.84. The Morgan fingerprint density at radius 1 is 1.47 bits per heavy atom. The second-order valence-corrected chi connectivity index (χ2v) is 5.95. The maximum absolute atomic E-state index is 12.4. The molecule has 1 aromatic rings. The molecule has 0 aliphatic heterocycles. The van der Waals surface area contributed by atoms with Crippen LogP contribution < -0.4 is 11.3 Å². The minimum absolute atomic E-state index is 0.109. The number of hydrogen-bond donors (Lipinski definition) is 1. The molecule has 2 N–H and O–H groups in total. The van der Waals surface area contributed by atoms with E-state index in [2.05, 4.69) is 11.8 Å². The molecule has 2 rings (SSSR count). The van der Waals surface area contributed by atoms with Crippen molar-refractivity contribution < 1.29 is 0 Å². The molecule has 0 aromatic carbocycles. The minimum atomic E-state index is 0.109. The lowest BCUT2D eigenvalue weighted by atomic mass is 9.87. The quantitative estimate of drug-likeness (QED) is 0.881. The van der Waals surface area contributed by atoms with Gasteiger partial charge in [-0.2, -0.15) is 0 Å². The van der Waals surface area contributed by atoms with Crippen LogP contribution in [0.4, 0.5) is 0 Å². The first-order valence-electron chi connectivity index (χ1n) is 7.12. The van der Waals surface area contributed by atoms with Gasteiger partial charge < -0.3 is 15.2 Å². The summed E-state index contributed by atoms with van der Waals surface area (Å²) in [5.74, 6) is 0.706. The standard InChI is InChI=1S/C15H25N3O/c1-11-4-5-14-12(8-11)9-13(10-16)15(19)18(14)7-6-17(2)3/h9,11H,4-8,10,16H2,1-3H3. The number of nitrogens with zero attached hydrogens (tertiary/aromatic N) is 2. The number of hydrogen-bond acceptors (Lipinski definition) is 3. The molecule has 0 fully saturated rings. The summed E-state index contributed by atoms with van der Waals surface area (Å²) < 4.78 is 1.96. The Kier molecular flexibility index (Phi) is 4.42. The van der Waals surface area contributed by atoms with Crippen molar-refractivity contribution in [3.63, 3.8) is 0 Å². The second kappa shape index (κ2) is 5.88. The molecule has 19 heavy (non-hydrogen) atoms. The van der Waals surface area contributed by atoms with E-state index in [1.54, 1.807) is 0 Å². The zero-order valence-corrected chi connectivity index (χ0v) is 12.3. The van der Waals surface area contributed by atoms with E-state index < -0.39 is 0 Å². The largest absolute Gasteiger partial charge is 0.326 e. The molecule has 1 heterocycles. The molecule has 0 amide bonds. The van der Waals surface area contributed by atoms with Crippen LogP contribution in [0.5, 0.6) is 0 Å². The van der Waals surface area contributed by atoms with Crippen LogP contribution in [0.3, 0.4) is 0 Å². The Bertz CT molecular complexity index is 505. The average Bonchev–Trinajstić information content (AvgIpc) is 2.37. The summed E-state index contributed by atoms with van der Waals surface area (Å²) in [6.45, 7) is 4.26. The third-order valence-corrected chi connectivity index (χ3v) is 4.00. The molecule has 0 saturated carbocycles. The topological polar surface area (TPSA) is 51.3 Å².